The average Bonchev–Trinajstić information content (AvgIpc) is 3.20. The largest absolute Gasteiger partial charge is 0.493 e. The van der Waals surface area contributed by atoms with E-state index in [0.717, 1.165) is 44.8 Å². The first-order valence-electron chi connectivity index (χ1n) is 8.60. The van der Waals surface area contributed by atoms with Crippen molar-refractivity contribution in [3.63, 3.8) is 0 Å². The van der Waals surface area contributed by atoms with Gasteiger partial charge < -0.3 is 13.9 Å². The first-order valence-corrected chi connectivity index (χ1v) is 8.60. The quantitative estimate of drug-likeness (QED) is 0.858. The van der Waals surface area contributed by atoms with E-state index in [0.29, 0.717) is 11.8 Å². The maximum Gasteiger partial charge on any atom is 0.246 e. The molecule has 0 saturated carbocycles. The van der Waals surface area contributed by atoms with Crippen molar-refractivity contribution in [2.75, 3.05) is 26.2 Å². The number of hydrogen-bond donors (Lipinski definition) is 0. The van der Waals surface area contributed by atoms with Gasteiger partial charge in [0.05, 0.1) is 12.7 Å². The van der Waals surface area contributed by atoms with Gasteiger partial charge in [-0.25, -0.2) is 0 Å². The first kappa shape index (κ1) is 15.6. The van der Waals surface area contributed by atoms with Crippen molar-refractivity contribution in [1.29, 1.82) is 0 Å². The molecule has 1 saturated heterocycles. The van der Waals surface area contributed by atoms with Gasteiger partial charge in [-0.05, 0) is 30.5 Å². The van der Waals surface area contributed by atoms with Gasteiger partial charge in [0.1, 0.15) is 11.9 Å². The molecule has 3 heterocycles. The monoisotopic (exact) mass is 329 g/mol. The van der Waals surface area contributed by atoms with Crippen LogP contribution in [0.25, 0.3) is 0 Å². The summed E-state index contributed by atoms with van der Waals surface area (Å²) in [6.07, 6.45) is 2.07. The topological polar surface area (TPSA) is 60.6 Å². The molecule has 6 heteroatoms. The van der Waals surface area contributed by atoms with E-state index in [2.05, 4.69) is 40.2 Å². The average molecular weight is 329 g/mol. The molecule has 0 amide bonds. The third-order valence-electron chi connectivity index (χ3n) is 4.62. The fourth-order valence-corrected chi connectivity index (χ4v) is 3.48. The standard InChI is InChI=1S/C18H23N3O3/c1-12-10-21(11-17(23-12)18-20-19-13(2)24-18)7-5-14-3-4-16-15(9-14)6-8-22-16/h3-4,9,12,17H,5-8,10-11H2,1-2H3/t12-,17-/m1/s1. The maximum atomic E-state index is 5.97. The van der Waals surface area contributed by atoms with Gasteiger partial charge in [-0.2, -0.15) is 0 Å². The molecule has 0 radical (unpaired) electrons. The molecular formula is C18H23N3O3. The van der Waals surface area contributed by atoms with Crippen LogP contribution in [0.2, 0.25) is 0 Å². The normalized spacial score (nSPS) is 23.9. The lowest BCUT2D eigenvalue weighted by Crippen LogP contribution is -2.43. The third kappa shape index (κ3) is 3.30. The van der Waals surface area contributed by atoms with E-state index >= 15 is 0 Å². The van der Waals surface area contributed by atoms with Crippen LogP contribution in [-0.2, 0) is 17.6 Å². The molecule has 4 rings (SSSR count). The summed E-state index contributed by atoms with van der Waals surface area (Å²) in [6.45, 7) is 7.42. The molecular weight excluding hydrogens is 306 g/mol. The number of aryl methyl sites for hydroxylation is 1. The number of ether oxygens (including phenoxy) is 2. The highest BCUT2D eigenvalue weighted by molar-refractivity contribution is 5.39. The van der Waals surface area contributed by atoms with Gasteiger partial charge >= 0.3 is 0 Å². The first-order chi connectivity index (χ1) is 11.7. The van der Waals surface area contributed by atoms with Crippen molar-refractivity contribution in [2.45, 2.75) is 38.9 Å². The Bertz CT molecular complexity index is 715. The summed E-state index contributed by atoms with van der Waals surface area (Å²) in [6, 6.07) is 6.56. The van der Waals surface area contributed by atoms with Crippen molar-refractivity contribution < 1.29 is 13.9 Å². The zero-order valence-corrected chi connectivity index (χ0v) is 14.2. The molecule has 1 aromatic carbocycles. The minimum atomic E-state index is -0.136. The summed E-state index contributed by atoms with van der Waals surface area (Å²) in [5.74, 6) is 2.21. The van der Waals surface area contributed by atoms with Gasteiger partial charge in [-0.1, -0.05) is 12.1 Å². The highest BCUT2D eigenvalue weighted by atomic mass is 16.5. The van der Waals surface area contributed by atoms with Crippen LogP contribution in [-0.4, -0.2) is 47.4 Å². The Morgan fingerprint density at radius 2 is 2.17 bits per heavy atom. The lowest BCUT2D eigenvalue weighted by molar-refractivity contribution is -0.0890. The lowest BCUT2D eigenvalue weighted by atomic mass is 10.1. The fraction of sp³-hybridized carbons (Fsp3) is 0.556. The van der Waals surface area contributed by atoms with Crippen LogP contribution in [0.1, 0.15) is 35.9 Å². The Kier molecular flexibility index (Phi) is 4.24. The molecule has 0 N–H and O–H groups in total. The molecule has 0 aliphatic carbocycles. The second kappa shape index (κ2) is 6.53. The van der Waals surface area contributed by atoms with Crippen molar-refractivity contribution in [1.82, 2.24) is 15.1 Å². The van der Waals surface area contributed by atoms with Crippen LogP contribution in [0.5, 0.6) is 5.75 Å². The molecule has 0 spiro atoms. The molecule has 128 valence electrons. The predicted octanol–water partition coefficient (Wildman–Crippen LogP) is 2.32. The number of aromatic nitrogens is 2. The number of fused-ring (bicyclic) bond motifs is 1. The van der Waals surface area contributed by atoms with Crippen LogP contribution in [0.15, 0.2) is 22.6 Å². The van der Waals surface area contributed by atoms with E-state index in [4.69, 9.17) is 13.9 Å². The van der Waals surface area contributed by atoms with Crippen molar-refractivity contribution >= 4 is 0 Å². The zero-order chi connectivity index (χ0) is 16.5. The van der Waals surface area contributed by atoms with Gasteiger partial charge in [0, 0.05) is 33.0 Å². The van der Waals surface area contributed by atoms with Crippen LogP contribution in [0.3, 0.4) is 0 Å². The van der Waals surface area contributed by atoms with Crippen LogP contribution >= 0.6 is 0 Å². The summed E-state index contributed by atoms with van der Waals surface area (Å²) in [5, 5.41) is 8.03. The Labute approximate surface area is 141 Å². The Morgan fingerprint density at radius 3 is 3.00 bits per heavy atom. The summed E-state index contributed by atoms with van der Waals surface area (Å²) < 4.78 is 17.1. The van der Waals surface area contributed by atoms with Crippen molar-refractivity contribution in [3.05, 3.63) is 41.1 Å². The highest BCUT2D eigenvalue weighted by Gasteiger charge is 2.29. The number of rotatable bonds is 4. The van der Waals surface area contributed by atoms with Gasteiger partial charge in [-0.15, -0.1) is 10.2 Å². The van der Waals surface area contributed by atoms with Gasteiger partial charge in [-0.3, -0.25) is 4.90 Å². The SMILES string of the molecule is Cc1nnc([C@H]2CN(CCc3ccc4c(c3)CCO4)C[C@@H](C)O2)o1. The Hall–Kier alpha value is -1.92. The summed E-state index contributed by atoms with van der Waals surface area (Å²) >= 11 is 0. The summed E-state index contributed by atoms with van der Waals surface area (Å²) in [4.78, 5) is 2.42. The minimum Gasteiger partial charge on any atom is -0.493 e. The Balaban J connectivity index is 1.38. The highest BCUT2D eigenvalue weighted by Crippen LogP contribution is 2.27. The summed E-state index contributed by atoms with van der Waals surface area (Å²) in [5.41, 5.74) is 2.70. The van der Waals surface area contributed by atoms with E-state index in [1.54, 1.807) is 6.92 Å². The maximum absolute atomic E-state index is 5.97. The third-order valence-corrected chi connectivity index (χ3v) is 4.62. The molecule has 1 aromatic heterocycles. The van der Waals surface area contributed by atoms with Crippen LogP contribution < -0.4 is 4.74 Å². The number of morpholine rings is 1. The van der Waals surface area contributed by atoms with E-state index in [1.165, 1.54) is 11.1 Å². The number of nitrogens with zero attached hydrogens (tertiary/aromatic N) is 3. The van der Waals surface area contributed by atoms with E-state index in [1.807, 2.05) is 0 Å². The molecule has 2 aliphatic heterocycles. The molecule has 1 fully saturated rings. The molecule has 2 aliphatic rings. The van der Waals surface area contributed by atoms with Crippen molar-refractivity contribution in [2.24, 2.45) is 0 Å². The molecule has 24 heavy (non-hydrogen) atoms. The minimum absolute atomic E-state index is 0.136. The second-order valence-corrected chi connectivity index (χ2v) is 6.64. The second-order valence-electron chi connectivity index (χ2n) is 6.64. The van der Waals surface area contributed by atoms with E-state index in [-0.39, 0.29) is 12.2 Å². The van der Waals surface area contributed by atoms with Gasteiger partial charge in [0.15, 0.2) is 0 Å². The number of hydrogen-bond acceptors (Lipinski definition) is 6. The zero-order valence-electron chi connectivity index (χ0n) is 14.2. The van der Waals surface area contributed by atoms with Gasteiger partial charge in [0.2, 0.25) is 11.8 Å². The Morgan fingerprint density at radius 1 is 1.25 bits per heavy atom. The molecule has 2 aromatic rings. The van der Waals surface area contributed by atoms with E-state index in [9.17, 15) is 0 Å². The molecule has 0 unspecified atom stereocenters. The summed E-state index contributed by atoms with van der Waals surface area (Å²) in [7, 11) is 0. The van der Waals surface area contributed by atoms with Crippen molar-refractivity contribution in [3.8, 4) is 5.75 Å². The fourth-order valence-electron chi connectivity index (χ4n) is 3.48. The number of benzene rings is 1. The smallest absolute Gasteiger partial charge is 0.246 e. The predicted molar refractivity (Wildman–Crippen MR) is 88.1 cm³/mol. The van der Waals surface area contributed by atoms with E-state index < -0.39 is 0 Å². The van der Waals surface area contributed by atoms with Crippen LogP contribution in [0.4, 0.5) is 0 Å². The molecule has 2 atom stereocenters. The van der Waals surface area contributed by atoms with Gasteiger partial charge in [0.25, 0.3) is 0 Å². The van der Waals surface area contributed by atoms with Crippen LogP contribution in [0, 0.1) is 6.92 Å². The lowest BCUT2D eigenvalue weighted by Gasteiger charge is -2.35. The molecule has 6 nitrogen and oxygen atoms in total. The molecule has 0 bridgehead atoms.